The first kappa shape index (κ1) is 21.1. The van der Waals surface area contributed by atoms with E-state index in [-0.39, 0.29) is 36.3 Å². The molecular formula is C15H26Cl2N4O. The second-order valence-corrected chi connectivity index (χ2v) is 5.75. The number of halogens is 2. The summed E-state index contributed by atoms with van der Waals surface area (Å²) in [4.78, 5) is 18.6. The molecule has 0 spiro atoms. The fourth-order valence-electron chi connectivity index (χ4n) is 2.89. The van der Waals surface area contributed by atoms with Crippen molar-refractivity contribution in [1.82, 2.24) is 15.2 Å². The minimum Gasteiger partial charge on any atom is -0.350 e. The smallest absolute Gasteiger partial charge is 0.251 e. The lowest BCUT2D eigenvalue weighted by molar-refractivity contribution is 0.0900. The summed E-state index contributed by atoms with van der Waals surface area (Å²) >= 11 is 0. The molecule has 1 aromatic heterocycles. The number of rotatable bonds is 5. The van der Waals surface area contributed by atoms with E-state index < -0.39 is 0 Å². The van der Waals surface area contributed by atoms with Gasteiger partial charge < -0.3 is 16.0 Å². The monoisotopic (exact) mass is 348 g/mol. The van der Waals surface area contributed by atoms with Gasteiger partial charge in [0.15, 0.2) is 0 Å². The van der Waals surface area contributed by atoms with Gasteiger partial charge in [-0.1, -0.05) is 12.8 Å². The molecule has 0 saturated heterocycles. The summed E-state index contributed by atoms with van der Waals surface area (Å²) in [7, 11) is 4.19. The number of amides is 1. The summed E-state index contributed by atoms with van der Waals surface area (Å²) in [5.74, 6) is -0.0461. The van der Waals surface area contributed by atoms with Crippen molar-refractivity contribution in [3.8, 4) is 0 Å². The van der Waals surface area contributed by atoms with Gasteiger partial charge in [0.1, 0.15) is 0 Å². The SMILES string of the molecule is CN(C)C1(CNC(=O)c2ccnc(CN)c2)CCCC1.Cl.Cl. The Morgan fingerprint density at radius 3 is 2.55 bits per heavy atom. The molecule has 126 valence electrons. The van der Waals surface area contributed by atoms with Crippen molar-refractivity contribution >= 4 is 30.7 Å². The van der Waals surface area contributed by atoms with Crippen LogP contribution in [0.15, 0.2) is 18.3 Å². The van der Waals surface area contributed by atoms with Gasteiger partial charge in [-0.25, -0.2) is 0 Å². The van der Waals surface area contributed by atoms with Crippen molar-refractivity contribution in [1.29, 1.82) is 0 Å². The van der Waals surface area contributed by atoms with E-state index in [0.717, 1.165) is 18.5 Å². The Bertz CT molecular complexity index is 476. The van der Waals surface area contributed by atoms with E-state index >= 15 is 0 Å². The highest BCUT2D eigenvalue weighted by Gasteiger charge is 2.36. The van der Waals surface area contributed by atoms with Gasteiger partial charge in [0.2, 0.25) is 0 Å². The minimum atomic E-state index is -0.0461. The Balaban J connectivity index is 0.00000220. The highest BCUT2D eigenvalue weighted by molar-refractivity contribution is 5.94. The van der Waals surface area contributed by atoms with Gasteiger partial charge in [-0.15, -0.1) is 24.8 Å². The summed E-state index contributed by atoms with van der Waals surface area (Å²) in [6.07, 6.45) is 6.39. The molecule has 5 nitrogen and oxygen atoms in total. The number of nitrogens with one attached hydrogen (secondary N) is 1. The summed E-state index contributed by atoms with van der Waals surface area (Å²) in [5, 5.41) is 3.07. The number of carbonyl (C=O) groups is 1. The Hall–Kier alpha value is -0.880. The van der Waals surface area contributed by atoms with Crippen LogP contribution in [0.25, 0.3) is 0 Å². The van der Waals surface area contributed by atoms with Crippen LogP contribution in [-0.4, -0.2) is 42.0 Å². The number of carbonyl (C=O) groups excluding carboxylic acids is 1. The minimum absolute atomic E-state index is 0. The summed E-state index contributed by atoms with van der Waals surface area (Å²) in [5.41, 5.74) is 7.03. The van der Waals surface area contributed by atoms with Crippen LogP contribution < -0.4 is 11.1 Å². The second-order valence-electron chi connectivity index (χ2n) is 5.75. The Morgan fingerprint density at radius 1 is 1.36 bits per heavy atom. The second kappa shape index (κ2) is 9.30. The van der Waals surface area contributed by atoms with E-state index in [1.165, 1.54) is 12.8 Å². The fraction of sp³-hybridized carbons (Fsp3) is 0.600. The van der Waals surface area contributed by atoms with E-state index in [0.29, 0.717) is 18.7 Å². The Morgan fingerprint density at radius 2 is 2.00 bits per heavy atom. The molecule has 1 heterocycles. The van der Waals surface area contributed by atoms with E-state index in [4.69, 9.17) is 5.73 Å². The molecule has 0 aliphatic heterocycles. The lowest BCUT2D eigenvalue weighted by Crippen LogP contribution is -2.50. The maximum absolute atomic E-state index is 12.2. The molecule has 1 aliphatic rings. The summed E-state index contributed by atoms with van der Waals surface area (Å²) < 4.78 is 0. The standard InChI is InChI=1S/C15H24N4O.2ClH/c1-19(2)15(6-3-4-7-15)11-18-14(20)12-5-8-17-13(9-12)10-16;;/h5,8-9H,3-4,6-7,10-11,16H2,1-2H3,(H,18,20);2*1H. The maximum atomic E-state index is 12.2. The molecule has 1 aromatic rings. The van der Waals surface area contributed by atoms with Crippen molar-refractivity contribution in [3.05, 3.63) is 29.6 Å². The number of hydrogen-bond donors (Lipinski definition) is 2. The van der Waals surface area contributed by atoms with Gasteiger partial charge in [-0.2, -0.15) is 0 Å². The van der Waals surface area contributed by atoms with E-state index in [2.05, 4.69) is 29.3 Å². The molecule has 0 atom stereocenters. The zero-order valence-corrected chi connectivity index (χ0v) is 14.8. The van der Waals surface area contributed by atoms with Crippen molar-refractivity contribution in [3.63, 3.8) is 0 Å². The van der Waals surface area contributed by atoms with Crippen LogP contribution in [0.5, 0.6) is 0 Å². The molecule has 0 radical (unpaired) electrons. The first-order valence-corrected chi connectivity index (χ1v) is 7.18. The third-order valence-electron chi connectivity index (χ3n) is 4.35. The molecule has 1 fully saturated rings. The largest absolute Gasteiger partial charge is 0.350 e. The zero-order valence-electron chi connectivity index (χ0n) is 13.2. The number of nitrogens with zero attached hydrogens (tertiary/aromatic N) is 2. The van der Waals surface area contributed by atoms with Gasteiger partial charge in [0.25, 0.3) is 5.91 Å². The summed E-state index contributed by atoms with van der Waals surface area (Å²) in [6.45, 7) is 1.04. The number of pyridine rings is 1. The number of aromatic nitrogens is 1. The van der Waals surface area contributed by atoms with Crippen molar-refractivity contribution in [2.45, 2.75) is 37.8 Å². The topological polar surface area (TPSA) is 71.2 Å². The molecular weight excluding hydrogens is 323 g/mol. The predicted molar refractivity (Wildman–Crippen MR) is 93.8 cm³/mol. The third kappa shape index (κ3) is 4.81. The first-order chi connectivity index (χ1) is 9.57. The molecule has 22 heavy (non-hydrogen) atoms. The van der Waals surface area contributed by atoms with Gasteiger partial charge >= 0.3 is 0 Å². The van der Waals surface area contributed by atoms with Crippen LogP contribution in [0.2, 0.25) is 0 Å². The number of nitrogens with two attached hydrogens (primary N) is 1. The molecule has 1 aliphatic carbocycles. The molecule has 2 rings (SSSR count). The van der Waals surface area contributed by atoms with Gasteiger partial charge in [-0.3, -0.25) is 9.78 Å². The number of likely N-dealkylation sites (N-methyl/N-ethyl adjacent to an activating group) is 1. The lowest BCUT2D eigenvalue weighted by atomic mass is 9.96. The molecule has 0 bridgehead atoms. The van der Waals surface area contributed by atoms with Gasteiger partial charge in [-0.05, 0) is 39.1 Å². The third-order valence-corrected chi connectivity index (χ3v) is 4.35. The molecule has 7 heteroatoms. The van der Waals surface area contributed by atoms with E-state index in [1.54, 1.807) is 18.3 Å². The number of hydrogen-bond acceptors (Lipinski definition) is 4. The van der Waals surface area contributed by atoms with Crippen molar-refractivity contribution < 1.29 is 4.79 Å². The first-order valence-electron chi connectivity index (χ1n) is 7.18. The highest BCUT2D eigenvalue weighted by Crippen LogP contribution is 2.33. The fourth-order valence-corrected chi connectivity index (χ4v) is 2.89. The van der Waals surface area contributed by atoms with E-state index in [1.807, 2.05) is 0 Å². The predicted octanol–water partition coefficient (Wildman–Crippen LogP) is 1.99. The van der Waals surface area contributed by atoms with Gasteiger partial charge in [0.05, 0.1) is 5.69 Å². The molecule has 0 unspecified atom stereocenters. The average Bonchev–Trinajstić information content (AvgIpc) is 2.95. The normalized spacial score (nSPS) is 15.8. The molecule has 0 aromatic carbocycles. The molecule has 1 saturated carbocycles. The van der Waals surface area contributed by atoms with Gasteiger partial charge in [0, 0.05) is 30.4 Å². The van der Waals surface area contributed by atoms with Crippen LogP contribution >= 0.6 is 24.8 Å². The Kier molecular flexibility index (Phi) is 8.93. The van der Waals surface area contributed by atoms with Crippen LogP contribution in [0.4, 0.5) is 0 Å². The van der Waals surface area contributed by atoms with Crippen LogP contribution in [0, 0.1) is 0 Å². The Labute approximate surface area is 144 Å². The average molecular weight is 349 g/mol. The van der Waals surface area contributed by atoms with Crippen LogP contribution in [0.1, 0.15) is 41.7 Å². The molecule has 1 amide bonds. The molecule has 3 N–H and O–H groups in total. The summed E-state index contributed by atoms with van der Waals surface area (Å²) in [6, 6.07) is 3.48. The zero-order chi connectivity index (χ0) is 14.6. The van der Waals surface area contributed by atoms with Crippen molar-refractivity contribution in [2.24, 2.45) is 5.73 Å². The lowest BCUT2D eigenvalue weighted by Gasteiger charge is -2.36. The van der Waals surface area contributed by atoms with Crippen molar-refractivity contribution in [2.75, 3.05) is 20.6 Å². The highest BCUT2D eigenvalue weighted by atomic mass is 35.5. The maximum Gasteiger partial charge on any atom is 0.251 e. The van der Waals surface area contributed by atoms with Crippen LogP contribution in [0.3, 0.4) is 0 Å². The quantitative estimate of drug-likeness (QED) is 0.853. The van der Waals surface area contributed by atoms with E-state index in [9.17, 15) is 4.79 Å². The van der Waals surface area contributed by atoms with Crippen LogP contribution in [-0.2, 0) is 6.54 Å².